The number of hydrogen-bond acceptors (Lipinski definition) is 10. The number of aliphatic hydroxyl groups is 1. The third-order valence-corrected chi connectivity index (χ3v) is 8.00. The van der Waals surface area contributed by atoms with E-state index in [9.17, 15) is 27.9 Å². The minimum absolute atomic E-state index is 0.00364. The van der Waals surface area contributed by atoms with Gasteiger partial charge >= 0.3 is 6.36 Å². The van der Waals surface area contributed by atoms with Gasteiger partial charge < -0.3 is 25.0 Å². The predicted molar refractivity (Wildman–Crippen MR) is 145 cm³/mol. The van der Waals surface area contributed by atoms with Crippen LogP contribution in [0.15, 0.2) is 18.2 Å². The van der Waals surface area contributed by atoms with Crippen molar-refractivity contribution >= 4 is 39.1 Å². The highest BCUT2D eigenvalue weighted by Crippen LogP contribution is 2.34. The molecule has 220 valence electrons. The molecule has 0 saturated carbocycles. The molecule has 40 heavy (non-hydrogen) atoms. The van der Waals surface area contributed by atoms with Gasteiger partial charge in [0.15, 0.2) is 5.75 Å². The third kappa shape index (κ3) is 8.25. The van der Waals surface area contributed by atoms with Gasteiger partial charge in [0.05, 0.1) is 17.8 Å². The number of carbonyl (C=O) groups is 2. The van der Waals surface area contributed by atoms with Crippen molar-refractivity contribution < 1.29 is 32.6 Å². The molecule has 4 rings (SSSR count). The van der Waals surface area contributed by atoms with Crippen molar-refractivity contribution in [1.82, 2.24) is 20.0 Å². The molecule has 0 unspecified atom stereocenters. The van der Waals surface area contributed by atoms with E-state index in [1.54, 1.807) is 13.8 Å². The van der Waals surface area contributed by atoms with Crippen LogP contribution in [0.4, 0.5) is 29.1 Å². The fourth-order valence-corrected chi connectivity index (χ4v) is 5.51. The highest BCUT2D eigenvalue weighted by Gasteiger charge is 2.33. The highest BCUT2D eigenvalue weighted by molar-refractivity contribution is 7.19. The van der Waals surface area contributed by atoms with Crippen LogP contribution >= 0.6 is 11.3 Å². The normalized spacial score (nSPS) is 18.0. The monoisotopic (exact) mass is 585 g/mol. The van der Waals surface area contributed by atoms with Crippen LogP contribution in [0.25, 0.3) is 0 Å². The molecule has 2 saturated heterocycles. The summed E-state index contributed by atoms with van der Waals surface area (Å²) in [5.41, 5.74) is -1.01. The quantitative estimate of drug-likeness (QED) is 0.429. The maximum absolute atomic E-state index is 13.0. The predicted octanol–water partition coefficient (Wildman–Crippen LogP) is 2.86. The van der Waals surface area contributed by atoms with Crippen LogP contribution in [-0.4, -0.2) is 102 Å². The zero-order chi connectivity index (χ0) is 29.1. The smallest absolute Gasteiger partial charge is 0.404 e. The maximum atomic E-state index is 13.0. The number of anilines is 3. The number of aromatic nitrogens is 2. The Balaban J connectivity index is 1.41. The number of halogens is 3. The second kappa shape index (κ2) is 12.2. The van der Waals surface area contributed by atoms with Crippen LogP contribution in [0.5, 0.6) is 5.75 Å². The second-order valence-corrected chi connectivity index (χ2v) is 11.6. The first kappa shape index (κ1) is 30.0. The van der Waals surface area contributed by atoms with E-state index in [0.717, 1.165) is 38.1 Å². The third-order valence-electron chi connectivity index (χ3n) is 7.10. The number of hydrogen-bond donors (Lipinski definition) is 3. The lowest BCUT2D eigenvalue weighted by Gasteiger charge is -2.37. The molecular formula is C25H34F3N7O4S. The minimum atomic E-state index is -4.98. The van der Waals surface area contributed by atoms with Gasteiger partial charge in [-0.05, 0) is 57.9 Å². The van der Waals surface area contributed by atoms with Gasteiger partial charge in [-0.3, -0.25) is 19.8 Å². The average Bonchev–Trinajstić information content (AvgIpc) is 3.33. The van der Waals surface area contributed by atoms with Crippen LogP contribution in [0.2, 0.25) is 0 Å². The van der Waals surface area contributed by atoms with Gasteiger partial charge in [0.1, 0.15) is 0 Å². The number of ether oxygens (including phenoxy) is 1. The Bertz CT molecular complexity index is 1190. The summed E-state index contributed by atoms with van der Waals surface area (Å²) in [6, 6.07) is 3.31. The molecule has 2 amide bonds. The van der Waals surface area contributed by atoms with Crippen LogP contribution in [0.3, 0.4) is 0 Å². The van der Waals surface area contributed by atoms with E-state index < -0.39 is 29.5 Å². The molecule has 0 aliphatic carbocycles. The summed E-state index contributed by atoms with van der Waals surface area (Å²) in [6.45, 7) is 7.84. The molecule has 15 heteroatoms. The summed E-state index contributed by atoms with van der Waals surface area (Å²) in [4.78, 5) is 31.6. The Morgan fingerprint density at radius 1 is 1.07 bits per heavy atom. The molecule has 0 spiro atoms. The minimum Gasteiger partial charge on any atom is -0.404 e. The molecule has 0 bridgehead atoms. The Hall–Kier alpha value is -3.01. The van der Waals surface area contributed by atoms with E-state index in [-0.39, 0.29) is 28.8 Å². The highest BCUT2D eigenvalue weighted by atomic mass is 32.1. The number of piperidine rings is 1. The lowest BCUT2D eigenvalue weighted by atomic mass is 9.83. The molecular weight excluding hydrogens is 551 g/mol. The van der Waals surface area contributed by atoms with Gasteiger partial charge in [-0.1, -0.05) is 11.3 Å². The maximum Gasteiger partial charge on any atom is 0.573 e. The van der Waals surface area contributed by atoms with E-state index in [0.29, 0.717) is 31.3 Å². The van der Waals surface area contributed by atoms with Crippen LogP contribution in [-0.2, 0) is 4.79 Å². The number of nitrogens with zero attached hydrogens (tertiary/aromatic N) is 5. The summed E-state index contributed by atoms with van der Waals surface area (Å²) in [5.74, 6) is -1.59. The molecule has 2 fully saturated rings. The van der Waals surface area contributed by atoms with Crippen molar-refractivity contribution in [3.63, 3.8) is 0 Å². The van der Waals surface area contributed by atoms with Crippen molar-refractivity contribution in [3.8, 4) is 5.75 Å². The summed E-state index contributed by atoms with van der Waals surface area (Å²) >= 11 is 1.17. The number of rotatable bonds is 8. The van der Waals surface area contributed by atoms with Crippen LogP contribution < -0.4 is 20.3 Å². The average molecular weight is 586 g/mol. The largest absolute Gasteiger partial charge is 0.573 e. The fourth-order valence-electron chi connectivity index (χ4n) is 4.72. The van der Waals surface area contributed by atoms with Crippen molar-refractivity contribution in [2.75, 3.05) is 68.4 Å². The summed E-state index contributed by atoms with van der Waals surface area (Å²) in [5, 5.41) is 24.4. The topological polar surface area (TPSA) is 123 Å². The first-order valence-electron chi connectivity index (χ1n) is 13.0. The van der Waals surface area contributed by atoms with Crippen LogP contribution in [0.1, 0.15) is 37.0 Å². The Morgan fingerprint density at radius 2 is 1.75 bits per heavy atom. The molecule has 1 aromatic carbocycles. The lowest BCUT2D eigenvalue weighted by molar-refractivity contribution is -0.274. The van der Waals surface area contributed by atoms with Gasteiger partial charge in [-0.25, -0.2) is 0 Å². The number of piperazine rings is 1. The molecule has 3 N–H and O–H groups in total. The molecule has 0 radical (unpaired) electrons. The molecule has 0 atom stereocenters. The number of likely N-dealkylation sites (N-methyl/N-ethyl adjacent to an activating group) is 1. The van der Waals surface area contributed by atoms with Gasteiger partial charge in [0.25, 0.3) is 5.91 Å². The summed E-state index contributed by atoms with van der Waals surface area (Å²) < 4.78 is 43.1. The SMILES string of the molecule is CN1CCN(CC(=O)Nc2cc(C(=O)Nc3nnc(N4CCC(C(C)(C)O)CC4)s3)ccc2OC(F)(F)F)CC1. The number of carbonyl (C=O) groups excluding carboxylic acids is 2. The number of nitrogens with one attached hydrogen (secondary N) is 2. The molecule has 11 nitrogen and oxygen atoms in total. The van der Waals surface area contributed by atoms with E-state index in [1.165, 1.54) is 17.4 Å². The number of alkyl halides is 3. The van der Waals surface area contributed by atoms with E-state index in [1.807, 2.05) is 16.8 Å². The fraction of sp³-hybridized carbons (Fsp3) is 0.600. The standard InChI is InChI=1S/C25H34F3N7O4S/c1-24(2,38)17-6-8-35(9-7-17)23-32-31-22(40-23)30-21(37)16-4-5-19(39-25(26,27)28)18(14-16)29-20(36)15-34-12-10-33(3)11-13-34/h4-5,14,17,38H,6-13,15H2,1-3H3,(H,29,36)(H,30,31,37). The Labute approximate surface area is 234 Å². The van der Waals surface area contributed by atoms with Crippen LogP contribution in [0, 0.1) is 5.92 Å². The Morgan fingerprint density at radius 3 is 2.38 bits per heavy atom. The summed E-state index contributed by atoms with van der Waals surface area (Å²) in [6.07, 6.45) is -3.40. The Kier molecular flexibility index (Phi) is 9.17. The molecule has 2 aliphatic rings. The van der Waals surface area contributed by atoms with Crippen molar-refractivity contribution in [2.24, 2.45) is 5.92 Å². The number of benzene rings is 1. The lowest BCUT2D eigenvalue weighted by Crippen LogP contribution is -2.47. The van der Waals surface area contributed by atoms with Gasteiger partial charge in [0.2, 0.25) is 16.2 Å². The van der Waals surface area contributed by atoms with Crippen molar-refractivity contribution in [3.05, 3.63) is 23.8 Å². The van der Waals surface area contributed by atoms with Gasteiger partial charge in [-0.15, -0.1) is 23.4 Å². The van der Waals surface area contributed by atoms with Crippen molar-refractivity contribution in [2.45, 2.75) is 38.7 Å². The molecule has 2 aromatic rings. The van der Waals surface area contributed by atoms with E-state index >= 15 is 0 Å². The summed E-state index contributed by atoms with van der Waals surface area (Å²) in [7, 11) is 1.97. The van der Waals surface area contributed by atoms with E-state index in [2.05, 4.69) is 30.5 Å². The molecule has 3 heterocycles. The van der Waals surface area contributed by atoms with Gasteiger partial charge in [0, 0.05) is 44.8 Å². The first-order chi connectivity index (χ1) is 18.8. The molecule has 2 aliphatic heterocycles. The second-order valence-electron chi connectivity index (χ2n) is 10.6. The molecule has 1 aromatic heterocycles. The zero-order valence-corrected chi connectivity index (χ0v) is 23.4. The zero-order valence-electron chi connectivity index (χ0n) is 22.6. The van der Waals surface area contributed by atoms with Gasteiger partial charge in [-0.2, -0.15) is 0 Å². The number of amides is 2. The van der Waals surface area contributed by atoms with Crippen molar-refractivity contribution in [1.29, 1.82) is 0 Å². The van der Waals surface area contributed by atoms with E-state index in [4.69, 9.17) is 0 Å². The first-order valence-corrected chi connectivity index (χ1v) is 13.8.